The highest BCUT2D eigenvalue weighted by atomic mass is 35.5. The Labute approximate surface area is 124 Å². The quantitative estimate of drug-likeness (QED) is 0.752. The van der Waals surface area contributed by atoms with E-state index in [-0.39, 0.29) is 18.2 Å². The molecular formula is C12H12ClN5O3. The molecular weight excluding hydrogens is 298 g/mol. The number of carbonyl (C=O) groups is 1. The molecule has 2 aromatic rings. The van der Waals surface area contributed by atoms with E-state index < -0.39 is 18.2 Å². The van der Waals surface area contributed by atoms with Gasteiger partial charge in [0.1, 0.15) is 5.52 Å². The molecule has 8 nitrogen and oxygen atoms in total. The third kappa shape index (κ3) is 2.55. The minimum atomic E-state index is -1.07. The number of nitrogens with zero attached hydrogens (tertiary/aromatic N) is 4. The van der Waals surface area contributed by atoms with Crippen LogP contribution in [0.5, 0.6) is 0 Å². The van der Waals surface area contributed by atoms with Gasteiger partial charge in [-0.05, 0) is 12.1 Å². The minimum absolute atomic E-state index is 0.0549. The molecule has 3 heterocycles. The fourth-order valence-electron chi connectivity index (χ4n) is 2.31. The van der Waals surface area contributed by atoms with E-state index in [4.69, 9.17) is 16.7 Å². The van der Waals surface area contributed by atoms with Gasteiger partial charge in [0.15, 0.2) is 11.0 Å². The predicted octanol–water partition coefficient (Wildman–Crippen LogP) is 0.813. The average molecular weight is 310 g/mol. The molecule has 0 aromatic carbocycles. The number of halogens is 1. The lowest BCUT2D eigenvalue weighted by Gasteiger charge is -2.16. The van der Waals surface area contributed by atoms with E-state index in [1.165, 1.54) is 0 Å². The second kappa shape index (κ2) is 5.30. The summed E-state index contributed by atoms with van der Waals surface area (Å²) in [6.07, 6.45) is -0.291. The van der Waals surface area contributed by atoms with Gasteiger partial charge >= 0.3 is 6.09 Å². The number of aliphatic hydroxyl groups is 1. The lowest BCUT2D eigenvalue weighted by molar-refractivity contribution is 0.139. The van der Waals surface area contributed by atoms with E-state index in [1.807, 2.05) is 0 Å². The molecule has 1 aliphatic rings. The summed E-state index contributed by atoms with van der Waals surface area (Å²) in [4.78, 5) is 16.3. The number of rotatable bonds is 2. The van der Waals surface area contributed by atoms with E-state index in [0.717, 1.165) is 4.90 Å². The highest BCUT2D eigenvalue weighted by Crippen LogP contribution is 2.25. The van der Waals surface area contributed by atoms with Gasteiger partial charge in [0.05, 0.1) is 18.7 Å². The number of hydrogen-bond acceptors (Lipinski definition) is 6. The summed E-state index contributed by atoms with van der Waals surface area (Å²) in [6, 6.07) is 3.02. The zero-order valence-electron chi connectivity index (χ0n) is 10.8. The lowest BCUT2D eigenvalue weighted by Crippen LogP contribution is -2.33. The Balaban J connectivity index is 1.89. The lowest BCUT2D eigenvalue weighted by atomic mass is 10.2. The molecule has 0 spiro atoms. The normalized spacial score (nSPS) is 21.7. The third-order valence-corrected chi connectivity index (χ3v) is 3.65. The molecule has 2 aromatic heterocycles. The van der Waals surface area contributed by atoms with Crippen LogP contribution in [0.3, 0.4) is 0 Å². The van der Waals surface area contributed by atoms with Crippen molar-refractivity contribution in [2.75, 3.05) is 18.4 Å². The van der Waals surface area contributed by atoms with Gasteiger partial charge in [-0.15, -0.1) is 10.2 Å². The van der Waals surface area contributed by atoms with Crippen molar-refractivity contribution < 1.29 is 15.0 Å². The molecule has 1 aliphatic heterocycles. The fraction of sp³-hybridized carbons (Fsp3) is 0.333. The van der Waals surface area contributed by atoms with E-state index in [2.05, 4.69) is 20.5 Å². The maximum Gasteiger partial charge on any atom is 0.407 e. The van der Waals surface area contributed by atoms with Crippen molar-refractivity contribution >= 4 is 34.4 Å². The van der Waals surface area contributed by atoms with Gasteiger partial charge in [-0.1, -0.05) is 11.6 Å². The first-order valence-corrected chi connectivity index (χ1v) is 6.63. The van der Waals surface area contributed by atoms with Crippen molar-refractivity contribution in [1.82, 2.24) is 20.1 Å². The Bertz CT molecular complexity index is 698. The number of fused-ring (bicyclic) bond motifs is 1. The molecule has 9 heteroatoms. The molecule has 3 rings (SSSR count). The number of anilines is 1. The van der Waals surface area contributed by atoms with E-state index in [1.54, 1.807) is 18.3 Å². The molecule has 2 atom stereocenters. The molecule has 1 saturated heterocycles. The first-order chi connectivity index (χ1) is 10.1. The first kappa shape index (κ1) is 13.8. The summed E-state index contributed by atoms with van der Waals surface area (Å²) in [6.45, 7) is 0.217. The smallest absolute Gasteiger partial charge is 0.407 e. The van der Waals surface area contributed by atoms with Gasteiger partial charge < -0.3 is 20.4 Å². The zero-order chi connectivity index (χ0) is 15.0. The van der Waals surface area contributed by atoms with Gasteiger partial charge in [-0.2, -0.15) is 0 Å². The highest BCUT2D eigenvalue weighted by Gasteiger charge is 2.34. The third-order valence-electron chi connectivity index (χ3n) is 3.37. The Kier molecular flexibility index (Phi) is 3.48. The second-order valence-corrected chi connectivity index (χ2v) is 5.10. The van der Waals surface area contributed by atoms with Gasteiger partial charge in [-0.3, -0.25) is 4.98 Å². The molecule has 0 unspecified atom stereocenters. The highest BCUT2D eigenvalue weighted by molar-refractivity contribution is 6.34. The largest absolute Gasteiger partial charge is 0.465 e. The van der Waals surface area contributed by atoms with Crippen molar-refractivity contribution in [3.63, 3.8) is 0 Å². The van der Waals surface area contributed by atoms with Crippen LogP contribution in [0.25, 0.3) is 10.9 Å². The summed E-state index contributed by atoms with van der Waals surface area (Å²) in [5.74, 6) is 0.367. The Morgan fingerprint density at radius 1 is 1.43 bits per heavy atom. The van der Waals surface area contributed by atoms with Crippen molar-refractivity contribution in [1.29, 1.82) is 0 Å². The first-order valence-electron chi connectivity index (χ1n) is 6.25. The summed E-state index contributed by atoms with van der Waals surface area (Å²) >= 11 is 5.96. The molecule has 1 fully saturated rings. The molecule has 3 N–H and O–H groups in total. The summed E-state index contributed by atoms with van der Waals surface area (Å²) in [5, 5.41) is 30.5. The fourth-order valence-corrected chi connectivity index (χ4v) is 2.50. The van der Waals surface area contributed by atoms with Crippen molar-refractivity contribution in [2.24, 2.45) is 0 Å². The van der Waals surface area contributed by atoms with Crippen LogP contribution < -0.4 is 5.32 Å². The van der Waals surface area contributed by atoms with Crippen LogP contribution in [0.4, 0.5) is 10.6 Å². The van der Waals surface area contributed by atoms with Crippen molar-refractivity contribution in [3.8, 4) is 0 Å². The SMILES string of the molecule is O=C(O)N1C[C@H](O)[C@H](Nc2nnc(Cl)c3cccnc23)C1. The molecule has 21 heavy (non-hydrogen) atoms. The van der Waals surface area contributed by atoms with Crippen molar-refractivity contribution in [3.05, 3.63) is 23.5 Å². The van der Waals surface area contributed by atoms with Gasteiger partial charge in [0.25, 0.3) is 0 Å². The van der Waals surface area contributed by atoms with Gasteiger partial charge in [0.2, 0.25) is 0 Å². The molecule has 0 radical (unpaired) electrons. The van der Waals surface area contributed by atoms with Crippen LogP contribution in [0.1, 0.15) is 0 Å². The molecule has 0 saturated carbocycles. The number of nitrogens with one attached hydrogen (secondary N) is 1. The van der Waals surface area contributed by atoms with Crippen LogP contribution >= 0.6 is 11.6 Å². The van der Waals surface area contributed by atoms with Crippen LogP contribution in [0.15, 0.2) is 18.3 Å². The zero-order valence-corrected chi connectivity index (χ0v) is 11.5. The monoisotopic (exact) mass is 309 g/mol. The summed E-state index contributed by atoms with van der Waals surface area (Å²) in [7, 11) is 0. The molecule has 110 valence electrons. The minimum Gasteiger partial charge on any atom is -0.465 e. The standard InChI is InChI=1S/C12H12ClN5O3/c13-10-6-2-1-3-14-9(6)11(17-16-10)15-7-4-18(12(20)21)5-8(7)19/h1-3,7-8,19H,4-5H2,(H,15,17)(H,20,21)/t7-,8+/m1/s1. The van der Waals surface area contributed by atoms with E-state index in [9.17, 15) is 9.90 Å². The number of β-amino-alcohol motifs (C(OH)–C–C–N with tert-alkyl or cyclic N) is 1. The predicted molar refractivity (Wildman–Crippen MR) is 75.4 cm³/mol. The van der Waals surface area contributed by atoms with Crippen LogP contribution in [-0.2, 0) is 0 Å². The van der Waals surface area contributed by atoms with E-state index >= 15 is 0 Å². The second-order valence-electron chi connectivity index (χ2n) is 4.74. The molecule has 1 amide bonds. The number of aromatic nitrogens is 3. The molecule has 0 aliphatic carbocycles. The number of aliphatic hydroxyl groups excluding tert-OH is 1. The van der Waals surface area contributed by atoms with Gasteiger partial charge in [0, 0.05) is 18.1 Å². The maximum absolute atomic E-state index is 10.9. The van der Waals surface area contributed by atoms with E-state index in [0.29, 0.717) is 16.7 Å². The van der Waals surface area contributed by atoms with Crippen LogP contribution in [0.2, 0.25) is 5.15 Å². The van der Waals surface area contributed by atoms with Crippen LogP contribution in [-0.4, -0.2) is 61.6 Å². The Morgan fingerprint density at radius 2 is 2.24 bits per heavy atom. The number of amides is 1. The maximum atomic E-state index is 10.9. The summed E-state index contributed by atoms with van der Waals surface area (Å²) < 4.78 is 0. The number of pyridine rings is 1. The Morgan fingerprint density at radius 3 is 2.95 bits per heavy atom. The summed E-state index contributed by atoms with van der Waals surface area (Å²) in [5.41, 5.74) is 0.526. The number of hydrogen-bond donors (Lipinski definition) is 3. The molecule has 0 bridgehead atoms. The Hall–Kier alpha value is -2.19. The topological polar surface area (TPSA) is 111 Å². The average Bonchev–Trinajstić information content (AvgIpc) is 2.84. The van der Waals surface area contributed by atoms with Crippen molar-refractivity contribution in [2.45, 2.75) is 12.1 Å². The van der Waals surface area contributed by atoms with Gasteiger partial charge in [-0.25, -0.2) is 4.79 Å². The van der Waals surface area contributed by atoms with Crippen LogP contribution in [0, 0.1) is 0 Å². The number of carboxylic acid groups (broad SMARTS) is 1. The number of likely N-dealkylation sites (tertiary alicyclic amines) is 1.